The van der Waals surface area contributed by atoms with E-state index in [4.69, 9.17) is 0 Å². The van der Waals surface area contributed by atoms with Crippen LogP contribution >= 0.6 is 11.8 Å². The van der Waals surface area contributed by atoms with Crippen molar-refractivity contribution in [3.63, 3.8) is 0 Å². The maximum Gasteiger partial charge on any atom is 0.276 e. The minimum atomic E-state index is -0.322. The number of nitrogens with one attached hydrogen (secondary N) is 1. The van der Waals surface area contributed by atoms with Gasteiger partial charge in [0.15, 0.2) is 0 Å². The first kappa shape index (κ1) is 15.3. The van der Waals surface area contributed by atoms with Crippen molar-refractivity contribution in [2.45, 2.75) is 24.8 Å². The number of anilines is 1. The highest BCUT2D eigenvalue weighted by molar-refractivity contribution is 7.98. The Kier molecular flexibility index (Phi) is 5.16. The molecule has 110 valence electrons. The molecule has 0 saturated carbocycles. The fraction of sp³-hybridized carbons (Fsp3) is 0.267. The Labute approximate surface area is 127 Å². The van der Waals surface area contributed by atoms with Gasteiger partial charge in [0.25, 0.3) is 11.5 Å². The maximum absolute atomic E-state index is 12.1. The Morgan fingerprint density at radius 2 is 1.95 bits per heavy atom. The van der Waals surface area contributed by atoms with Crippen molar-refractivity contribution in [2.24, 2.45) is 0 Å². The number of thioether (sulfide) groups is 1. The lowest BCUT2D eigenvalue weighted by atomic mass is 10.3. The lowest BCUT2D eigenvalue weighted by molar-refractivity contribution is 0.102. The van der Waals surface area contributed by atoms with E-state index < -0.39 is 0 Å². The summed E-state index contributed by atoms with van der Waals surface area (Å²) in [6.45, 7) is 2.45. The van der Waals surface area contributed by atoms with Gasteiger partial charge in [-0.2, -0.15) is 5.10 Å². The van der Waals surface area contributed by atoms with Gasteiger partial charge in [-0.3, -0.25) is 9.59 Å². The lowest BCUT2D eigenvalue weighted by Gasteiger charge is -2.07. The Hall–Kier alpha value is -2.08. The molecule has 0 aliphatic rings. The fourth-order valence-corrected chi connectivity index (χ4v) is 2.22. The van der Waals surface area contributed by atoms with Crippen LogP contribution in [0, 0.1) is 0 Å². The van der Waals surface area contributed by atoms with Gasteiger partial charge in [-0.25, -0.2) is 4.68 Å². The lowest BCUT2D eigenvalue weighted by Crippen LogP contribution is -2.26. The molecule has 0 bridgehead atoms. The number of nitrogens with zero attached hydrogens (tertiary/aromatic N) is 2. The van der Waals surface area contributed by atoms with E-state index in [1.54, 1.807) is 11.8 Å². The molecule has 0 spiro atoms. The molecular formula is C15H17N3O2S. The molecule has 2 aromatic rings. The fourth-order valence-electron chi connectivity index (χ4n) is 1.81. The van der Waals surface area contributed by atoms with E-state index in [1.807, 2.05) is 37.4 Å². The summed E-state index contributed by atoms with van der Waals surface area (Å²) in [5.41, 5.74) is 0.738. The summed E-state index contributed by atoms with van der Waals surface area (Å²) in [6.07, 6.45) is 2.78. The topological polar surface area (TPSA) is 64.0 Å². The first-order valence-electron chi connectivity index (χ1n) is 6.67. The second-order valence-corrected chi connectivity index (χ2v) is 5.34. The summed E-state index contributed by atoms with van der Waals surface area (Å²) in [5, 5.41) is 6.85. The molecule has 0 fully saturated rings. The second kappa shape index (κ2) is 7.08. The molecule has 0 saturated heterocycles. The van der Waals surface area contributed by atoms with Crippen LogP contribution in [-0.4, -0.2) is 21.9 Å². The first-order chi connectivity index (χ1) is 10.1. The van der Waals surface area contributed by atoms with E-state index in [-0.39, 0.29) is 17.2 Å². The number of benzene rings is 1. The number of hydrogen-bond acceptors (Lipinski definition) is 4. The predicted octanol–water partition coefficient (Wildman–Crippen LogP) is 2.63. The molecule has 1 amide bonds. The van der Waals surface area contributed by atoms with Crippen LogP contribution in [0.3, 0.4) is 0 Å². The number of rotatable bonds is 5. The summed E-state index contributed by atoms with van der Waals surface area (Å²) in [4.78, 5) is 24.8. The summed E-state index contributed by atoms with van der Waals surface area (Å²) in [5.74, 6) is -0.322. The summed E-state index contributed by atoms with van der Waals surface area (Å²) in [7, 11) is 0. The summed E-state index contributed by atoms with van der Waals surface area (Å²) >= 11 is 1.64. The molecule has 1 heterocycles. The van der Waals surface area contributed by atoms with E-state index in [9.17, 15) is 9.59 Å². The van der Waals surface area contributed by atoms with Crippen molar-refractivity contribution in [3.8, 4) is 0 Å². The Balaban J connectivity index is 2.15. The van der Waals surface area contributed by atoms with Gasteiger partial charge in [0.2, 0.25) is 0 Å². The zero-order valence-corrected chi connectivity index (χ0v) is 12.8. The van der Waals surface area contributed by atoms with Crippen LogP contribution in [0.15, 0.2) is 46.1 Å². The number of carbonyl (C=O) groups is 1. The molecule has 0 unspecified atom stereocenters. The second-order valence-electron chi connectivity index (χ2n) is 4.46. The molecular weight excluding hydrogens is 286 g/mol. The Morgan fingerprint density at radius 1 is 1.24 bits per heavy atom. The molecule has 1 aromatic heterocycles. The molecule has 0 aliphatic heterocycles. The van der Waals surface area contributed by atoms with Gasteiger partial charge < -0.3 is 5.32 Å². The maximum atomic E-state index is 12.1. The highest BCUT2D eigenvalue weighted by Gasteiger charge is 2.09. The van der Waals surface area contributed by atoms with Crippen molar-refractivity contribution in [1.82, 2.24) is 9.78 Å². The standard InChI is InChI=1S/C15H17N3O2S/c1-3-10-18-14(19)9-8-13(17-18)15(20)16-11-4-6-12(21-2)7-5-11/h4-9H,3,10H2,1-2H3,(H,16,20). The smallest absolute Gasteiger partial charge is 0.276 e. The molecule has 0 aliphatic carbocycles. The van der Waals surface area contributed by atoms with Crippen molar-refractivity contribution in [3.05, 3.63) is 52.4 Å². The number of hydrogen-bond donors (Lipinski definition) is 1. The number of carbonyl (C=O) groups excluding carboxylic acids is 1. The van der Waals surface area contributed by atoms with Crippen LogP contribution in [0.2, 0.25) is 0 Å². The first-order valence-corrected chi connectivity index (χ1v) is 7.90. The molecule has 6 heteroatoms. The third kappa shape index (κ3) is 3.95. The van der Waals surface area contributed by atoms with Crippen molar-refractivity contribution in [1.29, 1.82) is 0 Å². The van der Waals surface area contributed by atoms with Crippen molar-refractivity contribution >= 4 is 23.4 Å². The van der Waals surface area contributed by atoms with Gasteiger partial charge >= 0.3 is 0 Å². The van der Waals surface area contributed by atoms with Crippen LogP contribution in [0.4, 0.5) is 5.69 Å². The monoisotopic (exact) mass is 303 g/mol. The average molecular weight is 303 g/mol. The normalized spacial score (nSPS) is 10.4. The SMILES string of the molecule is CCCn1nc(C(=O)Nc2ccc(SC)cc2)ccc1=O. The van der Waals surface area contributed by atoms with Crippen LogP contribution in [0.25, 0.3) is 0 Å². The molecule has 2 rings (SSSR count). The predicted molar refractivity (Wildman–Crippen MR) is 85.0 cm³/mol. The van der Waals surface area contributed by atoms with Crippen LogP contribution in [0.5, 0.6) is 0 Å². The molecule has 0 atom stereocenters. The Bertz CT molecular complexity index is 680. The van der Waals surface area contributed by atoms with Crippen LogP contribution in [-0.2, 0) is 6.54 Å². The van der Waals surface area contributed by atoms with Gasteiger partial charge in [0.05, 0.1) is 0 Å². The van der Waals surface area contributed by atoms with Crippen LogP contribution < -0.4 is 10.9 Å². The van der Waals surface area contributed by atoms with Gasteiger partial charge in [0.1, 0.15) is 5.69 Å². The molecule has 0 radical (unpaired) electrons. The molecule has 5 nitrogen and oxygen atoms in total. The van der Waals surface area contributed by atoms with Crippen molar-refractivity contribution < 1.29 is 4.79 Å². The van der Waals surface area contributed by atoms with E-state index in [1.165, 1.54) is 16.8 Å². The number of aromatic nitrogens is 2. The zero-order valence-electron chi connectivity index (χ0n) is 12.0. The van der Waals surface area contributed by atoms with E-state index >= 15 is 0 Å². The Morgan fingerprint density at radius 3 is 2.57 bits per heavy atom. The molecule has 1 N–H and O–H groups in total. The van der Waals surface area contributed by atoms with E-state index in [0.717, 1.165) is 11.3 Å². The minimum absolute atomic E-state index is 0.197. The van der Waals surface area contributed by atoms with E-state index in [0.29, 0.717) is 12.2 Å². The summed E-state index contributed by atoms with van der Waals surface area (Å²) < 4.78 is 1.31. The van der Waals surface area contributed by atoms with E-state index in [2.05, 4.69) is 10.4 Å². The third-order valence-corrected chi connectivity index (χ3v) is 3.63. The highest BCUT2D eigenvalue weighted by Crippen LogP contribution is 2.17. The van der Waals surface area contributed by atoms with Crippen molar-refractivity contribution in [2.75, 3.05) is 11.6 Å². The summed E-state index contributed by atoms with van der Waals surface area (Å²) in [6, 6.07) is 10.4. The number of amides is 1. The zero-order chi connectivity index (χ0) is 15.2. The molecule has 1 aromatic carbocycles. The third-order valence-electron chi connectivity index (χ3n) is 2.88. The van der Waals surface area contributed by atoms with Gasteiger partial charge in [-0.1, -0.05) is 6.92 Å². The molecule has 21 heavy (non-hydrogen) atoms. The van der Waals surface area contributed by atoms with Crippen LogP contribution in [0.1, 0.15) is 23.8 Å². The average Bonchev–Trinajstić information content (AvgIpc) is 2.50. The van der Waals surface area contributed by atoms with Gasteiger partial charge in [-0.15, -0.1) is 11.8 Å². The van der Waals surface area contributed by atoms with Gasteiger partial charge in [-0.05, 0) is 43.0 Å². The minimum Gasteiger partial charge on any atom is -0.321 e. The largest absolute Gasteiger partial charge is 0.321 e. The number of aryl methyl sites for hydroxylation is 1. The highest BCUT2D eigenvalue weighted by atomic mass is 32.2. The van der Waals surface area contributed by atoms with Gasteiger partial charge in [0, 0.05) is 23.2 Å². The quantitative estimate of drug-likeness (QED) is 0.862.